The van der Waals surface area contributed by atoms with Gasteiger partial charge in [-0.15, -0.1) is 0 Å². The molecule has 0 aliphatic rings. The minimum Gasteiger partial charge on any atom is -0.462 e. The van der Waals surface area contributed by atoms with Crippen molar-refractivity contribution in [3.8, 4) is 0 Å². The normalized spacial score (nSPS) is 11.2. The van der Waals surface area contributed by atoms with Gasteiger partial charge in [0.05, 0.1) is 6.61 Å². The van der Waals surface area contributed by atoms with Crippen LogP contribution >= 0.6 is 0 Å². The number of benzene rings is 1. The van der Waals surface area contributed by atoms with Crippen LogP contribution in [-0.4, -0.2) is 26.0 Å². The SMILES string of the molecule is CCOC(=O)c1c(C)[nH]c(C)c1S(=O)(=O)Nc1ccccc1. The van der Waals surface area contributed by atoms with Gasteiger partial charge in [-0.2, -0.15) is 0 Å². The maximum atomic E-state index is 12.6. The van der Waals surface area contributed by atoms with Gasteiger partial charge in [0.2, 0.25) is 0 Å². The number of ether oxygens (including phenoxy) is 1. The lowest BCUT2D eigenvalue weighted by Crippen LogP contribution is -2.18. The van der Waals surface area contributed by atoms with Gasteiger partial charge >= 0.3 is 5.97 Å². The zero-order valence-electron chi connectivity index (χ0n) is 12.6. The summed E-state index contributed by atoms with van der Waals surface area (Å²) >= 11 is 0. The highest BCUT2D eigenvalue weighted by Crippen LogP contribution is 2.26. The van der Waals surface area contributed by atoms with Crippen molar-refractivity contribution < 1.29 is 17.9 Å². The molecule has 0 spiro atoms. The summed E-state index contributed by atoms with van der Waals surface area (Å²) < 4.78 is 32.7. The van der Waals surface area contributed by atoms with E-state index in [0.29, 0.717) is 17.1 Å². The van der Waals surface area contributed by atoms with Gasteiger partial charge in [-0.25, -0.2) is 13.2 Å². The second kappa shape index (κ2) is 6.23. The van der Waals surface area contributed by atoms with E-state index in [1.807, 2.05) is 0 Å². The van der Waals surface area contributed by atoms with Crippen LogP contribution in [-0.2, 0) is 14.8 Å². The molecule has 0 amide bonds. The Hall–Kier alpha value is -2.28. The Morgan fingerprint density at radius 2 is 1.82 bits per heavy atom. The first kappa shape index (κ1) is 16.1. The van der Waals surface area contributed by atoms with Crippen LogP contribution in [0.3, 0.4) is 0 Å². The van der Waals surface area contributed by atoms with Crippen LogP contribution in [0, 0.1) is 13.8 Å². The number of H-pyrrole nitrogens is 1. The van der Waals surface area contributed by atoms with Crippen molar-refractivity contribution in [1.82, 2.24) is 4.98 Å². The Morgan fingerprint density at radius 1 is 1.18 bits per heavy atom. The molecule has 0 saturated carbocycles. The van der Waals surface area contributed by atoms with E-state index < -0.39 is 16.0 Å². The standard InChI is InChI=1S/C15H18N2O4S/c1-4-21-15(18)13-10(2)16-11(3)14(13)22(19,20)17-12-8-6-5-7-9-12/h5-9,16-17H,4H2,1-3H3. The van der Waals surface area contributed by atoms with Crippen LogP contribution in [0.2, 0.25) is 0 Å². The molecule has 0 aliphatic heterocycles. The van der Waals surface area contributed by atoms with Gasteiger partial charge in [-0.1, -0.05) is 18.2 Å². The number of anilines is 1. The zero-order chi connectivity index (χ0) is 16.3. The summed E-state index contributed by atoms with van der Waals surface area (Å²) in [5, 5.41) is 0. The van der Waals surface area contributed by atoms with Crippen molar-refractivity contribution in [2.45, 2.75) is 25.7 Å². The molecular weight excluding hydrogens is 304 g/mol. The van der Waals surface area contributed by atoms with Crippen molar-refractivity contribution >= 4 is 21.7 Å². The molecule has 2 aromatic rings. The highest BCUT2D eigenvalue weighted by molar-refractivity contribution is 7.92. The number of sulfonamides is 1. The Morgan fingerprint density at radius 3 is 2.41 bits per heavy atom. The molecule has 7 heteroatoms. The number of aromatic nitrogens is 1. The summed E-state index contributed by atoms with van der Waals surface area (Å²) in [6, 6.07) is 8.50. The third-order valence-electron chi connectivity index (χ3n) is 3.09. The highest BCUT2D eigenvalue weighted by Gasteiger charge is 2.29. The summed E-state index contributed by atoms with van der Waals surface area (Å²) in [5.74, 6) is -0.655. The molecule has 1 aromatic carbocycles. The van der Waals surface area contributed by atoms with Crippen molar-refractivity contribution in [3.05, 3.63) is 47.3 Å². The molecule has 0 unspecified atom stereocenters. The number of carbonyl (C=O) groups is 1. The van der Waals surface area contributed by atoms with E-state index in [-0.39, 0.29) is 17.1 Å². The van der Waals surface area contributed by atoms with E-state index in [2.05, 4.69) is 9.71 Å². The zero-order valence-corrected chi connectivity index (χ0v) is 13.5. The van der Waals surface area contributed by atoms with E-state index in [1.54, 1.807) is 51.1 Å². The fourth-order valence-corrected chi connectivity index (χ4v) is 3.76. The fraction of sp³-hybridized carbons (Fsp3) is 0.267. The smallest absolute Gasteiger partial charge is 0.341 e. The summed E-state index contributed by atoms with van der Waals surface area (Å²) in [6.45, 7) is 5.09. The minimum atomic E-state index is -3.90. The number of esters is 1. The first-order valence-corrected chi connectivity index (χ1v) is 8.29. The van der Waals surface area contributed by atoms with Gasteiger partial charge in [-0.3, -0.25) is 4.72 Å². The molecule has 0 fully saturated rings. The van der Waals surface area contributed by atoms with Crippen LogP contribution < -0.4 is 4.72 Å². The lowest BCUT2D eigenvalue weighted by Gasteiger charge is -2.10. The van der Waals surface area contributed by atoms with E-state index in [1.165, 1.54) is 0 Å². The first-order chi connectivity index (χ1) is 10.4. The maximum Gasteiger partial charge on any atom is 0.341 e. The van der Waals surface area contributed by atoms with Crippen LogP contribution in [0.5, 0.6) is 0 Å². The minimum absolute atomic E-state index is 0.0442. The predicted molar refractivity (Wildman–Crippen MR) is 83.5 cm³/mol. The van der Waals surface area contributed by atoms with E-state index in [4.69, 9.17) is 4.74 Å². The average molecular weight is 322 g/mol. The number of nitrogens with one attached hydrogen (secondary N) is 2. The largest absolute Gasteiger partial charge is 0.462 e. The molecule has 1 aromatic heterocycles. The lowest BCUT2D eigenvalue weighted by atomic mass is 10.2. The van der Waals surface area contributed by atoms with Crippen LogP contribution in [0.1, 0.15) is 28.7 Å². The topological polar surface area (TPSA) is 88.3 Å². The van der Waals surface area contributed by atoms with E-state index in [0.717, 1.165) is 0 Å². The number of rotatable bonds is 5. The molecule has 22 heavy (non-hydrogen) atoms. The molecular formula is C15H18N2O4S. The van der Waals surface area contributed by atoms with Crippen molar-refractivity contribution in [1.29, 1.82) is 0 Å². The molecule has 1 heterocycles. The second-order valence-corrected chi connectivity index (χ2v) is 6.39. The Labute approximate surface area is 129 Å². The number of aromatic amines is 1. The van der Waals surface area contributed by atoms with Gasteiger partial charge in [0.25, 0.3) is 10.0 Å². The molecule has 0 bridgehead atoms. The molecule has 118 valence electrons. The number of para-hydroxylation sites is 1. The number of aryl methyl sites for hydroxylation is 2. The van der Waals surface area contributed by atoms with E-state index in [9.17, 15) is 13.2 Å². The highest BCUT2D eigenvalue weighted by atomic mass is 32.2. The number of hydrogen-bond acceptors (Lipinski definition) is 4. The predicted octanol–water partition coefficient (Wildman–Crippen LogP) is 2.61. The monoisotopic (exact) mass is 322 g/mol. The number of carbonyl (C=O) groups excluding carboxylic acids is 1. The summed E-state index contributed by atoms with van der Waals surface area (Å²) in [5.41, 5.74) is 1.33. The molecule has 0 atom stereocenters. The Kier molecular flexibility index (Phi) is 4.56. The molecule has 0 radical (unpaired) electrons. The van der Waals surface area contributed by atoms with Gasteiger partial charge in [0.1, 0.15) is 10.5 Å². The van der Waals surface area contributed by atoms with Gasteiger partial charge in [0.15, 0.2) is 0 Å². The van der Waals surface area contributed by atoms with Crippen molar-refractivity contribution in [2.24, 2.45) is 0 Å². The van der Waals surface area contributed by atoms with Crippen LogP contribution in [0.15, 0.2) is 35.2 Å². The number of hydrogen-bond donors (Lipinski definition) is 2. The fourth-order valence-electron chi connectivity index (χ4n) is 2.26. The van der Waals surface area contributed by atoms with Crippen molar-refractivity contribution in [2.75, 3.05) is 11.3 Å². The Bertz CT molecular complexity index is 779. The lowest BCUT2D eigenvalue weighted by molar-refractivity contribution is 0.0521. The van der Waals surface area contributed by atoms with Gasteiger partial charge in [0, 0.05) is 17.1 Å². The molecule has 0 saturated heterocycles. The van der Waals surface area contributed by atoms with Gasteiger partial charge < -0.3 is 9.72 Å². The second-order valence-electron chi connectivity index (χ2n) is 4.77. The maximum absolute atomic E-state index is 12.6. The molecule has 2 N–H and O–H groups in total. The summed E-state index contributed by atoms with van der Waals surface area (Å²) in [4.78, 5) is 14.9. The summed E-state index contributed by atoms with van der Waals surface area (Å²) in [7, 11) is -3.90. The third kappa shape index (κ3) is 3.14. The van der Waals surface area contributed by atoms with Gasteiger partial charge in [-0.05, 0) is 32.9 Å². The average Bonchev–Trinajstić information content (AvgIpc) is 2.75. The molecule has 0 aliphatic carbocycles. The quantitative estimate of drug-likeness (QED) is 0.828. The van der Waals surface area contributed by atoms with E-state index >= 15 is 0 Å². The van der Waals surface area contributed by atoms with Crippen molar-refractivity contribution in [3.63, 3.8) is 0 Å². The van der Waals surface area contributed by atoms with Crippen LogP contribution in [0.4, 0.5) is 5.69 Å². The molecule has 2 rings (SSSR count). The molecule has 6 nitrogen and oxygen atoms in total. The Balaban J connectivity index is 2.49. The first-order valence-electron chi connectivity index (χ1n) is 6.81. The summed E-state index contributed by atoms with van der Waals surface area (Å²) in [6.07, 6.45) is 0. The van der Waals surface area contributed by atoms with Crippen LogP contribution in [0.25, 0.3) is 0 Å². The third-order valence-corrected chi connectivity index (χ3v) is 4.64.